The lowest BCUT2D eigenvalue weighted by Crippen LogP contribution is -2.28. The monoisotopic (exact) mass is 259 g/mol. The van der Waals surface area contributed by atoms with Gasteiger partial charge in [-0.15, -0.1) is 0 Å². The minimum atomic E-state index is -0.956. The molecule has 2 aromatic rings. The molecule has 1 atom stereocenters. The summed E-state index contributed by atoms with van der Waals surface area (Å²) in [6.07, 6.45) is 0. The van der Waals surface area contributed by atoms with Gasteiger partial charge in [0, 0.05) is 6.54 Å². The first kappa shape index (κ1) is 13.2. The molecule has 0 saturated carbocycles. The van der Waals surface area contributed by atoms with E-state index in [1.54, 1.807) is 36.4 Å². The number of halogens is 1. The Kier molecular flexibility index (Phi) is 4.26. The Hall–Kier alpha value is -2.20. The lowest BCUT2D eigenvalue weighted by Gasteiger charge is -2.14. The van der Waals surface area contributed by atoms with Crippen LogP contribution in [0, 0.1) is 5.82 Å². The van der Waals surface area contributed by atoms with E-state index in [1.807, 2.05) is 6.07 Å². The second kappa shape index (κ2) is 6.11. The van der Waals surface area contributed by atoms with Crippen molar-refractivity contribution in [3.8, 4) is 0 Å². The van der Waals surface area contributed by atoms with E-state index < -0.39 is 12.0 Å². The number of carboxylic acids is 1. The van der Waals surface area contributed by atoms with Crippen LogP contribution in [0.15, 0.2) is 54.6 Å². The summed E-state index contributed by atoms with van der Waals surface area (Å²) in [5.74, 6) is -1.28. The quantitative estimate of drug-likeness (QED) is 0.868. The van der Waals surface area contributed by atoms with Crippen molar-refractivity contribution in [3.05, 3.63) is 71.5 Å². The third-order valence-electron chi connectivity index (χ3n) is 2.78. The summed E-state index contributed by atoms with van der Waals surface area (Å²) in [5, 5.41) is 12.1. The maximum atomic E-state index is 13.0. The zero-order valence-electron chi connectivity index (χ0n) is 10.2. The van der Waals surface area contributed by atoms with E-state index in [4.69, 9.17) is 0 Å². The fourth-order valence-corrected chi connectivity index (χ4v) is 1.86. The van der Waals surface area contributed by atoms with E-state index in [-0.39, 0.29) is 5.82 Å². The minimum Gasteiger partial charge on any atom is -0.480 e. The molecular weight excluding hydrogens is 245 g/mol. The number of carbonyl (C=O) groups is 1. The molecule has 0 radical (unpaired) electrons. The van der Waals surface area contributed by atoms with Crippen LogP contribution in [0.25, 0.3) is 0 Å². The minimum absolute atomic E-state index is 0.295. The van der Waals surface area contributed by atoms with E-state index in [2.05, 4.69) is 5.32 Å². The van der Waals surface area contributed by atoms with Gasteiger partial charge in [0.05, 0.1) is 0 Å². The van der Waals surface area contributed by atoms with Gasteiger partial charge in [0.1, 0.15) is 11.9 Å². The second-order valence-corrected chi connectivity index (χ2v) is 4.19. The molecule has 0 aliphatic heterocycles. The highest BCUT2D eigenvalue weighted by Crippen LogP contribution is 2.14. The molecule has 0 aromatic heterocycles. The summed E-state index contributed by atoms with van der Waals surface area (Å²) in [7, 11) is 0. The lowest BCUT2D eigenvalue weighted by molar-refractivity contribution is -0.139. The third kappa shape index (κ3) is 3.63. The Balaban J connectivity index is 2.08. The predicted molar refractivity (Wildman–Crippen MR) is 70.1 cm³/mol. The van der Waals surface area contributed by atoms with Gasteiger partial charge in [0.25, 0.3) is 0 Å². The van der Waals surface area contributed by atoms with Gasteiger partial charge in [-0.25, -0.2) is 4.39 Å². The van der Waals surface area contributed by atoms with E-state index in [0.29, 0.717) is 17.7 Å². The summed E-state index contributed by atoms with van der Waals surface area (Å²) in [6, 6.07) is 14.2. The van der Waals surface area contributed by atoms with Crippen LogP contribution in [0.3, 0.4) is 0 Å². The predicted octanol–water partition coefficient (Wildman–Crippen LogP) is 2.74. The molecule has 3 nitrogen and oxygen atoms in total. The van der Waals surface area contributed by atoms with Crippen molar-refractivity contribution in [3.63, 3.8) is 0 Å². The van der Waals surface area contributed by atoms with Crippen LogP contribution >= 0.6 is 0 Å². The number of benzene rings is 2. The highest BCUT2D eigenvalue weighted by molar-refractivity contribution is 5.75. The van der Waals surface area contributed by atoms with Crippen molar-refractivity contribution in [1.82, 2.24) is 5.32 Å². The molecule has 19 heavy (non-hydrogen) atoms. The van der Waals surface area contributed by atoms with Crippen LogP contribution in [-0.4, -0.2) is 11.1 Å². The van der Waals surface area contributed by atoms with Gasteiger partial charge in [-0.05, 0) is 23.3 Å². The summed E-state index contributed by atoms with van der Waals surface area (Å²) < 4.78 is 13.0. The smallest absolute Gasteiger partial charge is 0.325 e. The van der Waals surface area contributed by atoms with Gasteiger partial charge in [-0.1, -0.05) is 42.5 Å². The fourth-order valence-electron chi connectivity index (χ4n) is 1.86. The Morgan fingerprint density at radius 1 is 1.16 bits per heavy atom. The molecule has 1 unspecified atom stereocenters. The Morgan fingerprint density at radius 2 is 1.89 bits per heavy atom. The zero-order valence-corrected chi connectivity index (χ0v) is 10.2. The maximum Gasteiger partial charge on any atom is 0.325 e. The van der Waals surface area contributed by atoms with Crippen LogP contribution in [0.4, 0.5) is 4.39 Å². The van der Waals surface area contributed by atoms with Crippen LogP contribution in [-0.2, 0) is 11.3 Å². The number of aliphatic carboxylic acids is 1. The molecule has 2 aromatic carbocycles. The normalized spacial score (nSPS) is 12.1. The topological polar surface area (TPSA) is 49.3 Å². The second-order valence-electron chi connectivity index (χ2n) is 4.19. The van der Waals surface area contributed by atoms with Gasteiger partial charge in [-0.2, -0.15) is 0 Å². The first-order valence-electron chi connectivity index (χ1n) is 5.92. The molecule has 0 spiro atoms. The summed E-state index contributed by atoms with van der Waals surface area (Å²) in [4.78, 5) is 11.3. The molecule has 2 N–H and O–H groups in total. The fraction of sp³-hybridized carbons (Fsp3) is 0.133. The summed E-state index contributed by atoms with van der Waals surface area (Å²) >= 11 is 0. The van der Waals surface area contributed by atoms with Crippen LogP contribution in [0.1, 0.15) is 17.2 Å². The average Bonchev–Trinajstić information content (AvgIpc) is 2.40. The molecule has 0 aliphatic rings. The van der Waals surface area contributed by atoms with E-state index in [1.165, 1.54) is 12.1 Å². The van der Waals surface area contributed by atoms with E-state index in [0.717, 1.165) is 0 Å². The van der Waals surface area contributed by atoms with Gasteiger partial charge in [-0.3, -0.25) is 10.1 Å². The highest BCUT2D eigenvalue weighted by atomic mass is 19.1. The van der Waals surface area contributed by atoms with E-state index >= 15 is 0 Å². The van der Waals surface area contributed by atoms with Gasteiger partial charge in [0.15, 0.2) is 0 Å². The first-order chi connectivity index (χ1) is 9.16. The Morgan fingerprint density at radius 3 is 2.53 bits per heavy atom. The zero-order chi connectivity index (χ0) is 13.7. The van der Waals surface area contributed by atoms with Crippen molar-refractivity contribution >= 4 is 5.97 Å². The van der Waals surface area contributed by atoms with Crippen LogP contribution < -0.4 is 5.32 Å². The van der Waals surface area contributed by atoms with Crippen molar-refractivity contribution < 1.29 is 14.3 Å². The van der Waals surface area contributed by atoms with Crippen LogP contribution in [0.5, 0.6) is 0 Å². The highest BCUT2D eigenvalue weighted by Gasteiger charge is 2.18. The molecular formula is C15H14FNO2. The van der Waals surface area contributed by atoms with Crippen molar-refractivity contribution in [2.45, 2.75) is 12.6 Å². The SMILES string of the molecule is O=C(O)C(NCc1cccc(F)c1)c1ccccc1. The van der Waals surface area contributed by atoms with Gasteiger partial charge >= 0.3 is 5.97 Å². The largest absolute Gasteiger partial charge is 0.480 e. The molecule has 98 valence electrons. The molecule has 0 saturated heterocycles. The number of hydrogen-bond donors (Lipinski definition) is 2. The molecule has 0 fully saturated rings. The Labute approximate surface area is 110 Å². The number of rotatable bonds is 5. The van der Waals surface area contributed by atoms with E-state index in [9.17, 15) is 14.3 Å². The van der Waals surface area contributed by atoms with Gasteiger partial charge in [0.2, 0.25) is 0 Å². The van der Waals surface area contributed by atoms with Crippen LogP contribution in [0.2, 0.25) is 0 Å². The van der Waals surface area contributed by atoms with Crippen molar-refractivity contribution in [2.24, 2.45) is 0 Å². The molecule has 4 heteroatoms. The van der Waals surface area contributed by atoms with Crippen molar-refractivity contribution in [2.75, 3.05) is 0 Å². The van der Waals surface area contributed by atoms with Crippen molar-refractivity contribution in [1.29, 1.82) is 0 Å². The molecule has 0 amide bonds. The number of nitrogens with one attached hydrogen (secondary N) is 1. The standard InChI is InChI=1S/C15H14FNO2/c16-13-8-4-5-11(9-13)10-17-14(15(18)19)12-6-2-1-3-7-12/h1-9,14,17H,10H2,(H,18,19). The molecule has 0 aliphatic carbocycles. The molecule has 0 heterocycles. The molecule has 0 bridgehead atoms. The average molecular weight is 259 g/mol. The third-order valence-corrected chi connectivity index (χ3v) is 2.78. The first-order valence-corrected chi connectivity index (χ1v) is 5.92. The molecule has 2 rings (SSSR count). The summed E-state index contributed by atoms with van der Waals surface area (Å²) in [6.45, 7) is 0.295. The number of carboxylic acid groups (broad SMARTS) is 1. The number of hydrogen-bond acceptors (Lipinski definition) is 2. The summed E-state index contributed by atoms with van der Waals surface area (Å²) in [5.41, 5.74) is 1.38. The lowest BCUT2D eigenvalue weighted by atomic mass is 10.1. The van der Waals surface area contributed by atoms with Gasteiger partial charge < -0.3 is 5.11 Å². The Bertz CT molecular complexity index is 557. The maximum absolute atomic E-state index is 13.0.